The van der Waals surface area contributed by atoms with E-state index in [0.29, 0.717) is 0 Å². The van der Waals surface area contributed by atoms with Gasteiger partial charge in [-0.1, -0.05) is 23.2 Å². The van der Waals surface area contributed by atoms with Gasteiger partial charge in [0.25, 0.3) is 0 Å². The highest BCUT2D eigenvalue weighted by Crippen LogP contribution is 2.21. The van der Waals surface area contributed by atoms with Gasteiger partial charge >= 0.3 is 11.9 Å². The van der Waals surface area contributed by atoms with Crippen molar-refractivity contribution in [2.75, 3.05) is 12.3 Å². The lowest BCUT2D eigenvalue weighted by atomic mass is 10.1. The van der Waals surface area contributed by atoms with E-state index in [4.69, 9.17) is 33.4 Å². The molecule has 0 spiro atoms. The molecule has 0 radical (unpaired) electrons. The van der Waals surface area contributed by atoms with E-state index in [1.54, 1.807) is 0 Å². The topological polar surface area (TPSA) is 162 Å². The predicted octanol–water partition coefficient (Wildman–Crippen LogP) is 0.0512. The molecule has 0 fully saturated rings. The van der Waals surface area contributed by atoms with E-state index >= 15 is 0 Å². The van der Waals surface area contributed by atoms with Crippen LogP contribution in [0.25, 0.3) is 0 Å². The van der Waals surface area contributed by atoms with Gasteiger partial charge in [-0.25, -0.2) is 4.79 Å². The van der Waals surface area contributed by atoms with Crippen LogP contribution in [-0.2, 0) is 24.0 Å². The summed E-state index contributed by atoms with van der Waals surface area (Å²) in [5.74, 6) is -4.58. The zero-order chi connectivity index (χ0) is 21.0. The monoisotopic (exact) mass is 443 g/mol. The van der Waals surface area contributed by atoms with Crippen molar-refractivity contribution in [3.05, 3.63) is 9.90 Å². The van der Waals surface area contributed by atoms with Gasteiger partial charge < -0.3 is 26.2 Å². The Balaban J connectivity index is 4.83. The molecule has 0 aromatic heterocycles. The van der Waals surface area contributed by atoms with Gasteiger partial charge in [-0.2, -0.15) is 0 Å². The average molecular weight is 444 g/mol. The maximum atomic E-state index is 12.0. The molecule has 0 saturated carbocycles. The number of amides is 3. The molecule has 0 aliphatic rings. The number of carbonyl (C=O) groups excluding carboxylic acids is 3. The van der Waals surface area contributed by atoms with Gasteiger partial charge in [-0.15, -0.1) is 11.8 Å². The molecule has 13 heteroatoms. The van der Waals surface area contributed by atoms with E-state index in [2.05, 4.69) is 16.0 Å². The first-order valence-corrected chi connectivity index (χ1v) is 9.24. The molecule has 0 heterocycles. The van der Waals surface area contributed by atoms with Gasteiger partial charge in [-0.3, -0.25) is 19.2 Å². The number of halogens is 2. The minimum atomic E-state index is -1.30. The third-order valence-corrected chi connectivity index (χ3v) is 4.66. The summed E-state index contributed by atoms with van der Waals surface area (Å²) >= 11 is 12.1. The van der Waals surface area contributed by atoms with Crippen molar-refractivity contribution < 1.29 is 34.2 Å². The van der Waals surface area contributed by atoms with Crippen molar-refractivity contribution in [3.8, 4) is 0 Å². The largest absolute Gasteiger partial charge is 0.480 e. The maximum absolute atomic E-state index is 12.0. The number of carboxylic acids is 2. The van der Waals surface area contributed by atoms with Crippen molar-refractivity contribution in [2.45, 2.75) is 31.8 Å². The van der Waals surface area contributed by atoms with Crippen LogP contribution in [0.1, 0.15) is 19.8 Å². The summed E-state index contributed by atoms with van der Waals surface area (Å²) in [5, 5.41) is 24.3. The Labute approximate surface area is 169 Å². The van der Waals surface area contributed by atoms with Crippen LogP contribution in [0.15, 0.2) is 9.90 Å². The van der Waals surface area contributed by atoms with Gasteiger partial charge in [0, 0.05) is 24.6 Å². The van der Waals surface area contributed by atoms with Crippen LogP contribution >= 0.6 is 35.0 Å². The number of nitrogens with one attached hydrogen (secondary N) is 3. The van der Waals surface area contributed by atoms with Crippen LogP contribution in [0.4, 0.5) is 0 Å². The molecular formula is C14H19Cl2N3O7S. The summed E-state index contributed by atoms with van der Waals surface area (Å²) in [4.78, 5) is 56.6. The van der Waals surface area contributed by atoms with Gasteiger partial charge in [0.1, 0.15) is 18.6 Å². The van der Waals surface area contributed by atoms with Crippen LogP contribution in [0, 0.1) is 0 Å². The fourth-order valence-electron chi connectivity index (χ4n) is 1.71. The number of hydrogen-bond acceptors (Lipinski definition) is 6. The second-order valence-electron chi connectivity index (χ2n) is 5.09. The van der Waals surface area contributed by atoms with E-state index in [9.17, 15) is 24.0 Å². The second-order valence-corrected chi connectivity index (χ2v) is 7.00. The molecule has 10 nitrogen and oxygen atoms in total. The minimum Gasteiger partial charge on any atom is -0.480 e. The van der Waals surface area contributed by atoms with Crippen LogP contribution in [0.5, 0.6) is 0 Å². The third-order valence-electron chi connectivity index (χ3n) is 2.87. The molecule has 0 aromatic rings. The zero-order valence-corrected chi connectivity index (χ0v) is 16.5. The standard InChI is InChI=1S/C14H19Cl2N3O7S/c1-7(20)18-8(14(25)26)2-3-11(21)19-9(6-27-10(16)4-15)13(24)17-5-12(22)23/h4,8-9H,2-3,5-6H2,1H3,(H,17,24)(H,18,20)(H,19,21)(H,22,23)(H,25,26)/t8-,9-/m0/s1. The third kappa shape index (κ3) is 12.1. The van der Waals surface area contributed by atoms with Crippen LogP contribution in [0.3, 0.4) is 0 Å². The summed E-state index contributed by atoms with van der Waals surface area (Å²) in [6.45, 7) is 0.503. The lowest BCUT2D eigenvalue weighted by molar-refractivity contribution is -0.142. The SMILES string of the molecule is CC(=O)N[C@@H](CCC(=O)N[C@@H](CSC(Cl)=CCl)C(=O)NCC(=O)O)C(=O)O. The molecule has 0 rings (SSSR count). The van der Waals surface area contributed by atoms with Gasteiger partial charge in [0.05, 0.1) is 4.36 Å². The first kappa shape index (κ1) is 25.0. The van der Waals surface area contributed by atoms with E-state index in [1.807, 2.05) is 0 Å². The summed E-state index contributed by atoms with van der Waals surface area (Å²) in [6.07, 6.45) is -0.483. The first-order valence-electron chi connectivity index (χ1n) is 7.44. The molecule has 5 N–H and O–H groups in total. The fraction of sp³-hybridized carbons (Fsp3) is 0.500. The highest BCUT2D eigenvalue weighted by molar-refractivity contribution is 8.04. The molecule has 2 atom stereocenters. The van der Waals surface area contributed by atoms with Crippen molar-refractivity contribution in [1.29, 1.82) is 0 Å². The molecule has 0 saturated heterocycles. The van der Waals surface area contributed by atoms with Crippen LogP contribution < -0.4 is 16.0 Å². The van der Waals surface area contributed by atoms with E-state index in [-0.39, 0.29) is 23.0 Å². The van der Waals surface area contributed by atoms with Crippen LogP contribution in [-0.4, -0.2) is 64.3 Å². The smallest absolute Gasteiger partial charge is 0.326 e. The van der Waals surface area contributed by atoms with Crippen LogP contribution in [0.2, 0.25) is 0 Å². The number of aliphatic carboxylic acids is 2. The van der Waals surface area contributed by atoms with Crippen molar-refractivity contribution in [3.63, 3.8) is 0 Å². The minimum absolute atomic E-state index is 0.0344. The van der Waals surface area contributed by atoms with Crippen molar-refractivity contribution in [2.24, 2.45) is 0 Å². The number of hydrogen-bond donors (Lipinski definition) is 5. The molecule has 0 aromatic carbocycles. The Kier molecular flexibility index (Phi) is 12.3. The Morgan fingerprint density at radius 3 is 2.22 bits per heavy atom. The summed E-state index contributed by atoms with van der Waals surface area (Å²) in [6, 6.07) is -2.38. The lowest BCUT2D eigenvalue weighted by Crippen LogP contribution is -2.49. The molecule has 0 aliphatic heterocycles. The maximum Gasteiger partial charge on any atom is 0.326 e. The number of carbonyl (C=O) groups is 5. The van der Waals surface area contributed by atoms with Gasteiger partial charge in [0.15, 0.2) is 0 Å². The molecular weight excluding hydrogens is 425 g/mol. The molecule has 3 amide bonds. The van der Waals surface area contributed by atoms with Crippen molar-refractivity contribution in [1.82, 2.24) is 16.0 Å². The fourth-order valence-corrected chi connectivity index (χ4v) is 2.71. The summed E-state index contributed by atoms with van der Waals surface area (Å²) in [7, 11) is 0. The molecule has 0 bridgehead atoms. The Bertz CT molecular complexity index is 616. The zero-order valence-electron chi connectivity index (χ0n) is 14.2. The van der Waals surface area contributed by atoms with Gasteiger partial charge in [-0.05, 0) is 6.42 Å². The average Bonchev–Trinajstić information content (AvgIpc) is 2.58. The Hall–Kier alpha value is -1.98. The quantitative estimate of drug-likeness (QED) is 0.282. The van der Waals surface area contributed by atoms with E-state index < -0.39 is 48.3 Å². The number of carboxylic acid groups (broad SMARTS) is 2. The Morgan fingerprint density at radius 2 is 1.74 bits per heavy atom. The summed E-state index contributed by atoms with van der Waals surface area (Å²) < 4.78 is 0.151. The van der Waals surface area contributed by atoms with Gasteiger partial charge in [0.2, 0.25) is 17.7 Å². The molecule has 152 valence electrons. The molecule has 0 aliphatic carbocycles. The molecule has 0 unspecified atom stereocenters. The summed E-state index contributed by atoms with van der Waals surface area (Å²) in [5.41, 5.74) is 1.06. The van der Waals surface area contributed by atoms with E-state index in [0.717, 1.165) is 24.2 Å². The number of rotatable bonds is 12. The highest BCUT2D eigenvalue weighted by Gasteiger charge is 2.24. The normalized spacial score (nSPS) is 13.2. The molecule has 27 heavy (non-hydrogen) atoms. The first-order chi connectivity index (χ1) is 12.6. The van der Waals surface area contributed by atoms with E-state index in [1.165, 1.54) is 0 Å². The predicted molar refractivity (Wildman–Crippen MR) is 99.3 cm³/mol. The highest BCUT2D eigenvalue weighted by atomic mass is 35.5. The lowest BCUT2D eigenvalue weighted by Gasteiger charge is -2.18. The second kappa shape index (κ2) is 13.2. The van der Waals surface area contributed by atoms with Crippen molar-refractivity contribution >= 4 is 64.6 Å². The Morgan fingerprint density at radius 1 is 1.11 bits per heavy atom. The number of thioether (sulfide) groups is 1.